The highest BCUT2D eigenvalue weighted by atomic mass is 16.5. The van der Waals surface area contributed by atoms with Gasteiger partial charge in [-0.25, -0.2) is 4.79 Å². The van der Waals surface area contributed by atoms with Gasteiger partial charge in [0.15, 0.2) is 0 Å². The molecule has 0 atom stereocenters. The van der Waals surface area contributed by atoms with Gasteiger partial charge >= 0.3 is 5.97 Å². The summed E-state index contributed by atoms with van der Waals surface area (Å²) in [6, 6.07) is 19.7. The van der Waals surface area contributed by atoms with Crippen molar-refractivity contribution in [1.29, 1.82) is 0 Å². The number of carbonyl (C=O) groups excluding carboxylic acids is 1. The van der Waals surface area contributed by atoms with Gasteiger partial charge in [0.1, 0.15) is 11.3 Å². The van der Waals surface area contributed by atoms with Crippen molar-refractivity contribution in [3.8, 4) is 28.1 Å². The number of aromatic nitrogens is 1. The van der Waals surface area contributed by atoms with Crippen LogP contribution in [0.4, 0.5) is 0 Å². The minimum atomic E-state index is -0.430. The third kappa shape index (κ3) is 3.59. The zero-order valence-electron chi connectivity index (χ0n) is 14.9. The minimum absolute atomic E-state index is 0.297. The molecule has 1 aromatic heterocycles. The third-order valence-electron chi connectivity index (χ3n) is 3.92. The molecule has 0 aliphatic rings. The van der Waals surface area contributed by atoms with Crippen molar-refractivity contribution in [1.82, 2.24) is 4.98 Å². The van der Waals surface area contributed by atoms with Crippen LogP contribution < -0.4 is 4.74 Å². The molecule has 2 aromatic carbocycles. The van der Waals surface area contributed by atoms with Crippen LogP contribution in [0, 0.1) is 0 Å². The Bertz CT molecular complexity index is 877. The molecule has 0 radical (unpaired) electrons. The van der Waals surface area contributed by atoms with Crippen LogP contribution in [0.25, 0.3) is 22.4 Å². The molecule has 0 N–H and O–H groups in total. The van der Waals surface area contributed by atoms with Crippen molar-refractivity contribution in [2.45, 2.75) is 13.8 Å². The summed E-state index contributed by atoms with van der Waals surface area (Å²) in [4.78, 5) is 17.0. The number of benzene rings is 2. The molecule has 4 heteroatoms. The molecule has 0 aliphatic carbocycles. The first-order chi connectivity index (χ1) is 12.8. The predicted octanol–water partition coefficient (Wildman–Crippen LogP) is 4.99. The summed E-state index contributed by atoms with van der Waals surface area (Å²) in [5, 5.41) is 0. The fourth-order valence-electron chi connectivity index (χ4n) is 2.83. The Balaban J connectivity index is 2.29. The smallest absolute Gasteiger partial charge is 0.343 e. The van der Waals surface area contributed by atoms with Gasteiger partial charge in [0.2, 0.25) is 0 Å². The first-order valence-electron chi connectivity index (χ1n) is 8.70. The molecule has 0 saturated carbocycles. The molecular weight excluding hydrogens is 326 g/mol. The van der Waals surface area contributed by atoms with E-state index in [1.54, 1.807) is 6.92 Å². The maximum absolute atomic E-state index is 12.4. The van der Waals surface area contributed by atoms with E-state index >= 15 is 0 Å². The second-order valence-corrected chi connectivity index (χ2v) is 5.61. The summed E-state index contributed by atoms with van der Waals surface area (Å²) >= 11 is 0. The van der Waals surface area contributed by atoms with Gasteiger partial charge < -0.3 is 9.47 Å². The quantitative estimate of drug-likeness (QED) is 0.589. The Hall–Kier alpha value is -3.14. The van der Waals surface area contributed by atoms with Gasteiger partial charge in [0.05, 0.1) is 24.5 Å². The highest BCUT2D eigenvalue weighted by molar-refractivity contribution is 5.98. The predicted molar refractivity (Wildman–Crippen MR) is 102 cm³/mol. The number of nitrogens with zero attached hydrogens (tertiary/aromatic N) is 1. The standard InChI is InChI=1S/C22H21NO3/c1-3-25-21-18(22(24)26-4-2)15-23-20(17-13-9-6-10-14-17)19(21)16-11-7-5-8-12-16/h5-15H,3-4H2,1-2H3. The van der Waals surface area contributed by atoms with E-state index in [-0.39, 0.29) is 0 Å². The van der Waals surface area contributed by atoms with E-state index in [2.05, 4.69) is 4.98 Å². The van der Waals surface area contributed by atoms with Crippen LogP contribution in [-0.4, -0.2) is 24.2 Å². The first kappa shape index (κ1) is 17.7. The van der Waals surface area contributed by atoms with Crippen molar-refractivity contribution in [2.75, 3.05) is 13.2 Å². The Morgan fingerprint density at radius 2 is 1.50 bits per heavy atom. The van der Waals surface area contributed by atoms with Gasteiger partial charge in [0.25, 0.3) is 0 Å². The Morgan fingerprint density at radius 1 is 0.885 bits per heavy atom. The summed E-state index contributed by atoms with van der Waals surface area (Å²) in [7, 11) is 0. The SMILES string of the molecule is CCOC(=O)c1cnc(-c2ccccc2)c(-c2ccccc2)c1OCC. The number of esters is 1. The van der Waals surface area contributed by atoms with E-state index < -0.39 is 5.97 Å². The van der Waals surface area contributed by atoms with E-state index in [1.165, 1.54) is 6.20 Å². The summed E-state index contributed by atoms with van der Waals surface area (Å²) in [6.07, 6.45) is 1.54. The maximum Gasteiger partial charge on any atom is 0.343 e. The molecular formula is C22H21NO3. The zero-order valence-corrected chi connectivity index (χ0v) is 14.9. The topological polar surface area (TPSA) is 48.4 Å². The van der Waals surface area contributed by atoms with Crippen molar-refractivity contribution in [3.63, 3.8) is 0 Å². The number of ether oxygens (including phenoxy) is 2. The fourth-order valence-corrected chi connectivity index (χ4v) is 2.83. The zero-order chi connectivity index (χ0) is 18.4. The van der Waals surface area contributed by atoms with E-state index in [0.717, 1.165) is 22.4 Å². The van der Waals surface area contributed by atoms with Gasteiger partial charge in [0, 0.05) is 11.8 Å². The Kier molecular flexibility index (Phi) is 5.64. The van der Waals surface area contributed by atoms with E-state index in [0.29, 0.717) is 24.5 Å². The van der Waals surface area contributed by atoms with Crippen molar-refractivity contribution >= 4 is 5.97 Å². The normalized spacial score (nSPS) is 10.4. The monoisotopic (exact) mass is 347 g/mol. The van der Waals surface area contributed by atoms with Crippen LogP contribution >= 0.6 is 0 Å². The van der Waals surface area contributed by atoms with Gasteiger partial charge in [-0.15, -0.1) is 0 Å². The number of pyridine rings is 1. The second-order valence-electron chi connectivity index (χ2n) is 5.61. The number of hydrogen-bond donors (Lipinski definition) is 0. The molecule has 0 unspecified atom stereocenters. The Morgan fingerprint density at radius 3 is 2.08 bits per heavy atom. The lowest BCUT2D eigenvalue weighted by Gasteiger charge is -2.18. The molecule has 0 spiro atoms. The second kappa shape index (κ2) is 8.30. The molecule has 0 amide bonds. The van der Waals surface area contributed by atoms with E-state index in [1.807, 2.05) is 67.6 Å². The van der Waals surface area contributed by atoms with E-state index in [9.17, 15) is 4.79 Å². The van der Waals surface area contributed by atoms with Crippen molar-refractivity contribution < 1.29 is 14.3 Å². The molecule has 26 heavy (non-hydrogen) atoms. The van der Waals surface area contributed by atoms with Crippen molar-refractivity contribution in [3.05, 3.63) is 72.4 Å². The average molecular weight is 347 g/mol. The lowest BCUT2D eigenvalue weighted by Crippen LogP contribution is -2.10. The summed E-state index contributed by atoms with van der Waals surface area (Å²) in [5.74, 6) is 0.0752. The van der Waals surface area contributed by atoms with Gasteiger partial charge in [-0.05, 0) is 19.4 Å². The van der Waals surface area contributed by atoms with Crippen LogP contribution in [0.3, 0.4) is 0 Å². The summed E-state index contributed by atoms with van der Waals surface area (Å²) in [5.41, 5.74) is 3.81. The largest absolute Gasteiger partial charge is 0.492 e. The van der Waals surface area contributed by atoms with Crippen LogP contribution in [0.2, 0.25) is 0 Å². The van der Waals surface area contributed by atoms with Crippen molar-refractivity contribution in [2.24, 2.45) is 0 Å². The Labute approximate surface area is 153 Å². The summed E-state index contributed by atoms with van der Waals surface area (Å²) < 4.78 is 11.1. The molecule has 3 rings (SSSR count). The molecule has 0 fully saturated rings. The van der Waals surface area contributed by atoms with Crippen LogP contribution in [-0.2, 0) is 4.74 Å². The van der Waals surface area contributed by atoms with Gasteiger partial charge in [-0.1, -0.05) is 60.7 Å². The number of carbonyl (C=O) groups is 1. The summed E-state index contributed by atoms with van der Waals surface area (Å²) in [6.45, 7) is 4.41. The molecule has 1 heterocycles. The lowest BCUT2D eigenvalue weighted by molar-refractivity contribution is 0.0521. The molecule has 4 nitrogen and oxygen atoms in total. The average Bonchev–Trinajstić information content (AvgIpc) is 2.69. The van der Waals surface area contributed by atoms with Crippen LogP contribution in [0.5, 0.6) is 5.75 Å². The highest BCUT2D eigenvalue weighted by Gasteiger charge is 2.23. The van der Waals surface area contributed by atoms with Crippen LogP contribution in [0.15, 0.2) is 66.9 Å². The first-order valence-corrected chi connectivity index (χ1v) is 8.70. The number of hydrogen-bond acceptors (Lipinski definition) is 4. The molecule has 132 valence electrons. The minimum Gasteiger partial charge on any atom is -0.492 e. The molecule has 0 aliphatic heterocycles. The van der Waals surface area contributed by atoms with E-state index in [4.69, 9.17) is 9.47 Å². The number of rotatable bonds is 6. The lowest BCUT2D eigenvalue weighted by atomic mass is 9.96. The fraction of sp³-hybridized carbons (Fsp3) is 0.182. The highest BCUT2D eigenvalue weighted by Crippen LogP contribution is 2.40. The third-order valence-corrected chi connectivity index (χ3v) is 3.92. The molecule has 0 saturated heterocycles. The molecule has 0 bridgehead atoms. The molecule has 3 aromatic rings. The van der Waals surface area contributed by atoms with Crippen LogP contribution in [0.1, 0.15) is 24.2 Å². The van der Waals surface area contributed by atoms with Gasteiger partial charge in [-0.3, -0.25) is 4.98 Å². The van der Waals surface area contributed by atoms with Gasteiger partial charge in [-0.2, -0.15) is 0 Å². The maximum atomic E-state index is 12.4.